The monoisotopic (exact) mass is 751 g/mol. The van der Waals surface area contributed by atoms with E-state index in [2.05, 4.69) is 47.8 Å². The van der Waals surface area contributed by atoms with Crippen molar-refractivity contribution in [2.45, 2.75) is 212 Å². The summed E-state index contributed by atoms with van der Waals surface area (Å²) < 4.78 is 0. The van der Waals surface area contributed by atoms with Gasteiger partial charge >= 0.3 is 5.96 Å². The number of carbonyl (C=O) groups excluding carboxylic acids is 3. The van der Waals surface area contributed by atoms with Gasteiger partial charge in [0.15, 0.2) is 17.9 Å². The number of carbonyl (C=O) groups is 3. The van der Waals surface area contributed by atoms with Crippen LogP contribution in [0, 0.1) is 0 Å². The van der Waals surface area contributed by atoms with Gasteiger partial charge in [-0.25, -0.2) is 0 Å². The third-order valence-electron chi connectivity index (χ3n) is 10.2. The molecule has 0 saturated heterocycles. The zero-order chi connectivity index (χ0) is 39.2. The fourth-order valence-electron chi connectivity index (χ4n) is 6.70. The second-order valence-electron chi connectivity index (χ2n) is 15.5. The number of hydrogen-bond acceptors (Lipinski definition) is 3. The van der Waals surface area contributed by atoms with Crippen molar-refractivity contribution in [2.24, 2.45) is 11.5 Å². The Labute approximate surface area is 325 Å². The molecule has 0 aliphatic carbocycles. The maximum atomic E-state index is 13.5. The van der Waals surface area contributed by atoms with Crippen molar-refractivity contribution in [3.63, 3.8) is 0 Å². The van der Waals surface area contributed by atoms with Crippen LogP contribution in [0.2, 0.25) is 0 Å². The standard InChI is InChI=1S/C43H85N7O3/c1-3-5-7-9-11-13-15-17-19-21-23-25-27-29-32-38(51)37-50(35-30-28-26-24-22-20-18-16-14-12-10-8-6-4-2)42(53)40(45)36-49-41(52)39(44)33-31-34-48-43(46)47/h17,19,39-40H,3-16,18,20-37,44-45H2,1-2H3,(H,49,52)(H4,46,47,48)/p+3/b19-17-. The SMILES string of the molecule is CCCCCCCC/C=C\CCCCCCC(=O)CN(CCCCCCCCCCCCCCCC)C(=O)C([NH3+])CNC(=O)C([NH3+])CCC[NH+]=C(N)N. The summed E-state index contributed by atoms with van der Waals surface area (Å²) in [5, 5.41) is 2.85. The minimum absolute atomic E-state index is 0.112. The van der Waals surface area contributed by atoms with Crippen LogP contribution in [0.25, 0.3) is 0 Å². The summed E-state index contributed by atoms with van der Waals surface area (Å²) in [4.78, 5) is 43.7. The molecule has 2 amide bonds. The van der Waals surface area contributed by atoms with E-state index in [1.807, 2.05) is 0 Å². The summed E-state index contributed by atoms with van der Waals surface area (Å²) in [6.07, 6.45) is 38.7. The lowest BCUT2D eigenvalue weighted by molar-refractivity contribution is -0.463. The number of ketones is 1. The zero-order valence-electron chi connectivity index (χ0n) is 34.9. The van der Waals surface area contributed by atoms with E-state index in [0.29, 0.717) is 32.4 Å². The molecule has 2 atom stereocenters. The average Bonchev–Trinajstić information content (AvgIpc) is 3.14. The lowest BCUT2D eigenvalue weighted by atomic mass is 10.0. The number of rotatable bonds is 39. The molecule has 12 N–H and O–H groups in total. The number of nitrogens with two attached hydrogens (primary N) is 2. The molecule has 10 nitrogen and oxygen atoms in total. The van der Waals surface area contributed by atoms with Crippen molar-refractivity contribution in [3.05, 3.63) is 12.2 Å². The fraction of sp³-hybridized carbons (Fsp3) is 0.860. The number of guanidine groups is 1. The molecule has 0 aromatic carbocycles. The summed E-state index contributed by atoms with van der Waals surface area (Å²) in [6.45, 7) is 5.90. The maximum Gasteiger partial charge on any atom is 0.338 e. The van der Waals surface area contributed by atoms with Crippen molar-refractivity contribution in [2.75, 3.05) is 26.2 Å². The smallest absolute Gasteiger partial charge is 0.338 e. The first-order chi connectivity index (χ1) is 25.7. The van der Waals surface area contributed by atoms with Gasteiger partial charge in [-0.1, -0.05) is 154 Å². The topological polar surface area (TPSA) is 188 Å². The van der Waals surface area contributed by atoms with Gasteiger partial charge in [-0.15, -0.1) is 0 Å². The van der Waals surface area contributed by atoms with Crippen LogP contribution in [0.15, 0.2) is 12.2 Å². The van der Waals surface area contributed by atoms with Crippen molar-refractivity contribution in [3.8, 4) is 0 Å². The van der Waals surface area contributed by atoms with Crippen LogP contribution >= 0.6 is 0 Å². The van der Waals surface area contributed by atoms with Gasteiger partial charge in [0, 0.05) is 19.4 Å². The Kier molecular flexibility index (Phi) is 36.1. The van der Waals surface area contributed by atoms with Gasteiger partial charge in [-0.2, -0.15) is 0 Å². The molecular weight excluding hydrogens is 663 g/mol. The van der Waals surface area contributed by atoms with Crippen molar-refractivity contribution in [1.29, 1.82) is 0 Å². The molecule has 10 heteroatoms. The normalized spacial score (nSPS) is 12.5. The highest BCUT2D eigenvalue weighted by Gasteiger charge is 2.27. The van der Waals surface area contributed by atoms with Crippen LogP contribution in [0.4, 0.5) is 0 Å². The summed E-state index contributed by atoms with van der Waals surface area (Å²) in [5.41, 5.74) is 18.9. The van der Waals surface area contributed by atoms with E-state index in [4.69, 9.17) is 11.5 Å². The predicted molar refractivity (Wildman–Crippen MR) is 222 cm³/mol. The first-order valence-electron chi connectivity index (χ1n) is 22.2. The molecule has 310 valence electrons. The van der Waals surface area contributed by atoms with Gasteiger partial charge in [0.1, 0.15) is 0 Å². The van der Waals surface area contributed by atoms with Gasteiger partial charge in [-0.3, -0.25) is 30.8 Å². The molecular formula is C43H88N7O3+3. The van der Waals surface area contributed by atoms with Crippen LogP contribution in [-0.4, -0.2) is 66.7 Å². The second kappa shape index (κ2) is 37.8. The second-order valence-corrected chi connectivity index (χ2v) is 15.5. The average molecular weight is 751 g/mol. The molecule has 0 aliphatic heterocycles. The molecule has 0 aromatic heterocycles. The molecule has 0 spiro atoms. The summed E-state index contributed by atoms with van der Waals surface area (Å²) in [5.74, 6) is -0.109. The van der Waals surface area contributed by atoms with Crippen LogP contribution < -0.4 is 33.2 Å². The number of unbranched alkanes of at least 4 members (excludes halogenated alkanes) is 23. The Bertz CT molecular complexity index is 939. The van der Waals surface area contributed by atoms with Gasteiger partial charge in [0.2, 0.25) is 0 Å². The van der Waals surface area contributed by atoms with Gasteiger partial charge in [-0.05, 0) is 44.9 Å². The molecule has 0 heterocycles. The lowest BCUT2D eigenvalue weighted by Crippen LogP contribution is -2.78. The van der Waals surface area contributed by atoms with E-state index >= 15 is 0 Å². The molecule has 0 aromatic rings. The minimum atomic E-state index is -0.659. The highest BCUT2D eigenvalue weighted by molar-refractivity contribution is 5.88. The molecule has 0 radical (unpaired) electrons. The molecule has 0 saturated carbocycles. The number of hydrogen-bond donors (Lipinski definition) is 6. The molecule has 0 bridgehead atoms. The van der Waals surface area contributed by atoms with E-state index in [1.54, 1.807) is 4.90 Å². The first-order valence-corrected chi connectivity index (χ1v) is 22.2. The van der Waals surface area contributed by atoms with Gasteiger partial charge < -0.3 is 21.7 Å². The number of allylic oxidation sites excluding steroid dienone is 2. The van der Waals surface area contributed by atoms with E-state index in [9.17, 15) is 14.4 Å². The Morgan fingerprint density at radius 2 is 1.08 bits per heavy atom. The summed E-state index contributed by atoms with van der Waals surface area (Å²) in [7, 11) is 0. The van der Waals surface area contributed by atoms with Gasteiger partial charge in [0.05, 0.1) is 19.6 Å². The molecule has 0 rings (SSSR count). The Hall–Kier alpha value is -2.46. The predicted octanol–water partition coefficient (Wildman–Crippen LogP) is 4.98. The van der Waals surface area contributed by atoms with Crippen LogP contribution in [-0.2, 0) is 14.4 Å². The quantitative estimate of drug-likeness (QED) is 0.0223. The van der Waals surface area contributed by atoms with Crippen molar-refractivity contribution < 1.29 is 30.8 Å². The first kappa shape index (κ1) is 50.5. The largest absolute Gasteiger partial charge is 0.347 e. The Morgan fingerprint density at radius 1 is 0.623 bits per heavy atom. The molecule has 2 unspecified atom stereocenters. The maximum absolute atomic E-state index is 13.5. The van der Waals surface area contributed by atoms with E-state index in [0.717, 1.165) is 51.4 Å². The highest BCUT2D eigenvalue weighted by Crippen LogP contribution is 2.14. The Balaban J connectivity index is 4.59. The Morgan fingerprint density at radius 3 is 1.57 bits per heavy atom. The van der Waals surface area contributed by atoms with Crippen LogP contribution in [0.1, 0.15) is 200 Å². The zero-order valence-corrected chi connectivity index (χ0v) is 34.9. The summed E-state index contributed by atoms with van der Waals surface area (Å²) >= 11 is 0. The van der Waals surface area contributed by atoms with E-state index < -0.39 is 12.1 Å². The van der Waals surface area contributed by atoms with Gasteiger partial charge in [0.25, 0.3) is 11.8 Å². The number of amides is 2. The number of Topliss-reactive ketones (excluding diaryl/α,β-unsaturated/α-hetero) is 1. The van der Waals surface area contributed by atoms with Crippen molar-refractivity contribution in [1.82, 2.24) is 10.2 Å². The lowest BCUT2D eigenvalue weighted by Gasteiger charge is -2.24. The number of nitrogens with one attached hydrogen (secondary N) is 2. The fourth-order valence-corrected chi connectivity index (χ4v) is 6.70. The molecule has 53 heavy (non-hydrogen) atoms. The summed E-state index contributed by atoms with van der Waals surface area (Å²) in [6, 6.07) is -1.11. The number of nitrogens with zero attached hydrogens (tertiary/aromatic N) is 1. The van der Waals surface area contributed by atoms with Crippen LogP contribution in [0.3, 0.4) is 0 Å². The molecule has 0 fully saturated rings. The third kappa shape index (κ3) is 33.8. The van der Waals surface area contributed by atoms with E-state index in [-0.39, 0.29) is 36.6 Å². The number of quaternary nitrogens is 2. The minimum Gasteiger partial charge on any atom is -0.347 e. The van der Waals surface area contributed by atoms with E-state index in [1.165, 1.54) is 116 Å². The van der Waals surface area contributed by atoms with Crippen LogP contribution in [0.5, 0.6) is 0 Å². The third-order valence-corrected chi connectivity index (χ3v) is 10.2. The highest BCUT2D eigenvalue weighted by atomic mass is 16.2. The molecule has 0 aliphatic rings. The van der Waals surface area contributed by atoms with Crippen molar-refractivity contribution >= 4 is 23.6 Å².